The summed E-state index contributed by atoms with van der Waals surface area (Å²) in [5, 5.41) is 8.42. The fraction of sp³-hybridized carbons (Fsp3) is 0.0833. The lowest BCUT2D eigenvalue weighted by Gasteiger charge is -1.97. The molecule has 0 aliphatic carbocycles. The number of carboxylic acid groups (broad SMARTS) is 1. The molecule has 1 rings (SSSR count). The maximum absolute atomic E-state index is 10.3. The third kappa shape index (κ3) is 4.01. The lowest BCUT2D eigenvalue weighted by Crippen LogP contribution is -1.86. The van der Waals surface area contributed by atoms with Gasteiger partial charge in [0.2, 0.25) is 0 Å². The molecule has 0 atom stereocenters. The fourth-order valence-corrected chi connectivity index (χ4v) is 0.924. The number of carbonyl (C=O) groups is 1. The average Bonchev–Trinajstić information content (AvgIpc) is 2.25. The Balaban J connectivity index is 2.70. The van der Waals surface area contributed by atoms with E-state index in [4.69, 9.17) is 9.84 Å². The van der Waals surface area contributed by atoms with Crippen LogP contribution in [-0.2, 0) is 4.79 Å². The maximum Gasteiger partial charge on any atom is 0.328 e. The van der Waals surface area contributed by atoms with E-state index >= 15 is 0 Å². The first kappa shape index (κ1) is 10.9. The van der Waals surface area contributed by atoms with Crippen molar-refractivity contribution in [1.82, 2.24) is 0 Å². The van der Waals surface area contributed by atoms with E-state index in [1.807, 2.05) is 0 Å². The molecule has 3 heteroatoms. The van der Waals surface area contributed by atoms with Gasteiger partial charge in [-0.05, 0) is 23.8 Å². The predicted octanol–water partition coefficient (Wildman–Crippen LogP) is 2.14. The Morgan fingerprint density at radius 1 is 1.40 bits per heavy atom. The van der Waals surface area contributed by atoms with Gasteiger partial charge in [-0.15, -0.1) is 0 Å². The van der Waals surface area contributed by atoms with Gasteiger partial charge in [0.05, 0.1) is 0 Å². The first-order valence-electron chi connectivity index (χ1n) is 4.32. The van der Waals surface area contributed by atoms with E-state index in [2.05, 4.69) is 12.0 Å². The van der Waals surface area contributed by atoms with E-state index in [9.17, 15) is 4.79 Å². The van der Waals surface area contributed by atoms with Gasteiger partial charge in [-0.3, -0.25) is 0 Å². The van der Waals surface area contributed by atoms with E-state index in [-0.39, 0.29) is 0 Å². The van der Waals surface area contributed by atoms with E-state index < -0.39 is 5.97 Å². The molecule has 0 bridgehead atoms. The molecule has 0 spiro atoms. The van der Waals surface area contributed by atoms with Crippen molar-refractivity contribution in [1.29, 1.82) is 0 Å². The topological polar surface area (TPSA) is 46.5 Å². The van der Waals surface area contributed by atoms with Crippen LogP contribution in [0.5, 0.6) is 5.75 Å². The summed E-state index contributed by atoms with van der Waals surface area (Å²) < 4.78 is 5.03. The van der Waals surface area contributed by atoms with Crippen LogP contribution in [0.2, 0.25) is 0 Å². The Kier molecular flexibility index (Phi) is 3.99. The van der Waals surface area contributed by atoms with E-state index in [0.717, 1.165) is 11.6 Å². The van der Waals surface area contributed by atoms with Gasteiger partial charge in [0.25, 0.3) is 0 Å². The summed E-state index contributed by atoms with van der Waals surface area (Å²) in [5.41, 5.74) is 0.800. The van der Waals surface area contributed by atoms with Crippen LogP contribution < -0.4 is 4.74 Å². The second-order valence-corrected chi connectivity index (χ2v) is 2.69. The Labute approximate surface area is 88.0 Å². The quantitative estimate of drug-likeness (QED) is 0.603. The standard InChI is InChI=1S/C12H10O3/c1-2-9-15-11-6-3-10(4-7-11)5-8-12(13)14/h3-8H,1H3,(H,13,14). The van der Waals surface area contributed by atoms with Crippen LogP contribution in [0.15, 0.2) is 30.3 Å². The van der Waals surface area contributed by atoms with E-state index in [1.54, 1.807) is 31.2 Å². The van der Waals surface area contributed by atoms with Crippen LogP contribution in [0.4, 0.5) is 0 Å². The monoisotopic (exact) mass is 202 g/mol. The highest BCUT2D eigenvalue weighted by atomic mass is 16.5. The minimum Gasteiger partial charge on any atom is -0.478 e. The van der Waals surface area contributed by atoms with Crippen LogP contribution in [0.25, 0.3) is 6.08 Å². The van der Waals surface area contributed by atoms with Crippen molar-refractivity contribution in [3.8, 4) is 17.8 Å². The van der Waals surface area contributed by atoms with Gasteiger partial charge in [-0.25, -0.2) is 4.79 Å². The molecule has 0 aromatic heterocycles. The normalized spacial score (nSPS) is 9.40. The first-order chi connectivity index (χ1) is 7.22. The molecule has 0 saturated carbocycles. The summed E-state index contributed by atoms with van der Waals surface area (Å²) in [4.78, 5) is 10.3. The first-order valence-corrected chi connectivity index (χ1v) is 4.32. The molecule has 76 valence electrons. The Bertz CT molecular complexity index is 418. The SMILES string of the molecule is CC#COc1ccc(C=CC(=O)O)cc1. The van der Waals surface area contributed by atoms with Gasteiger partial charge < -0.3 is 9.84 Å². The van der Waals surface area contributed by atoms with E-state index in [0.29, 0.717) is 5.75 Å². The van der Waals surface area contributed by atoms with Crippen molar-refractivity contribution in [2.45, 2.75) is 6.92 Å². The van der Waals surface area contributed by atoms with Gasteiger partial charge in [0.1, 0.15) is 11.9 Å². The summed E-state index contributed by atoms with van der Waals surface area (Å²) in [6, 6.07) is 6.97. The molecule has 1 aromatic rings. The minimum atomic E-state index is -0.966. The largest absolute Gasteiger partial charge is 0.478 e. The van der Waals surface area contributed by atoms with Gasteiger partial charge >= 0.3 is 5.97 Å². The van der Waals surface area contributed by atoms with Crippen molar-refractivity contribution in [3.05, 3.63) is 35.9 Å². The second-order valence-electron chi connectivity index (χ2n) is 2.69. The van der Waals surface area contributed by atoms with Gasteiger partial charge in [0, 0.05) is 13.0 Å². The van der Waals surface area contributed by atoms with Gasteiger partial charge in [-0.2, -0.15) is 0 Å². The number of carboxylic acids is 1. The van der Waals surface area contributed by atoms with Crippen LogP contribution >= 0.6 is 0 Å². The Morgan fingerprint density at radius 2 is 2.07 bits per heavy atom. The molecule has 0 saturated heterocycles. The summed E-state index contributed by atoms with van der Waals surface area (Å²) >= 11 is 0. The summed E-state index contributed by atoms with van der Waals surface area (Å²) in [5.74, 6) is 2.28. The van der Waals surface area contributed by atoms with Crippen molar-refractivity contribution >= 4 is 12.0 Å². The third-order valence-corrected chi connectivity index (χ3v) is 1.57. The number of rotatable bonds is 3. The maximum atomic E-state index is 10.3. The van der Waals surface area contributed by atoms with Gasteiger partial charge in [-0.1, -0.05) is 18.1 Å². The van der Waals surface area contributed by atoms with Crippen molar-refractivity contribution < 1.29 is 14.6 Å². The number of ether oxygens (including phenoxy) is 1. The molecule has 1 N–H and O–H groups in total. The number of hydrogen-bond donors (Lipinski definition) is 1. The van der Waals surface area contributed by atoms with Crippen LogP contribution in [0.3, 0.4) is 0 Å². The molecule has 15 heavy (non-hydrogen) atoms. The molecular formula is C12H10O3. The fourth-order valence-electron chi connectivity index (χ4n) is 0.924. The smallest absolute Gasteiger partial charge is 0.328 e. The molecule has 0 fully saturated rings. The molecule has 0 amide bonds. The molecule has 0 heterocycles. The Morgan fingerprint density at radius 3 is 2.60 bits per heavy atom. The van der Waals surface area contributed by atoms with Crippen LogP contribution in [-0.4, -0.2) is 11.1 Å². The summed E-state index contributed by atoms with van der Waals surface area (Å²) in [6.07, 6.45) is 5.07. The highest BCUT2D eigenvalue weighted by Crippen LogP contribution is 2.12. The zero-order valence-corrected chi connectivity index (χ0v) is 8.23. The van der Waals surface area contributed by atoms with Crippen molar-refractivity contribution in [2.75, 3.05) is 0 Å². The third-order valence-electron chi connectivity index (χ3n) is 1.57. The van der Waals surface area contributed by atoms with Crippen LogP contribution in [0, 0.1) is 12.0 Å². The summed E-state index contributed by atoms with van der Waals surface area (Å²) in [7, 11) is 0. The van der Waals surface area contributed by atoms with E-state index in [1.165, 1.54) is 6.08 Å². The molecule has 0 aliphatic heterocycles. The van der Waals surface area contributed by atoms with Gasteiger partial charge in [0.15, 0.2) is 0 Å². The molecule has 1 aromatic carbocycles. The molecule has 0 unspecified atom stereocenters. The lowest BCUT2D eigenvalue weighted by molar-refractivity contribution is -0.131. The lowest BCUT2D eigenvalue weighted by atomic mass is 10.2. The van der Waals surface area contributed by atoms with Crippen LogP contribution in [0.1, 0.15) is 12.5 Å². The molecule has 0 aliphatic rings. The molecule has 0 radical (unpaired) electrons. The molecule has 3 nitrogen and oxygen atoms in total. The summed E-state index contributed by atoms with van der Waals surface area (Å²) in [6.45, 7) is 1.68. The highest BCUT2D eigenvalue weighted by Gasteiger charge is 1.92. The number of aliphatic carboxylic acids is 1. The highest BCUT2D eigenvalue weighted by molar-refractivity contribution is 5.85. The Hall–Kier alpha value is -2.21. The predicted molar refractivity (Wildman–Crippen MR) is 57.2 cm³/mol. The average molecular weight is 202 g/mol. The number of benzene rings is 1. The van der Waals surface area contributed by atoms with Crippen molar-refractivity contribution in [3.63, 3.8) is 0 Å². The minimum absolute atomic E-state index is 0.636. The number of hydrogen-bond acceptors (Lipinski definition) is 2. The second kappa shape index (κ2) is 5.51. The van der Waals surface area contributed by atoms with Crippen molar-refractivity contribution in [2.24, 2.45) is 0 Å². The molecular weight excluding hydrogens is 192 g/mol. The zero-order valence-electron chi connectivity index (χ0n) is 8.23. The zero-order chi connectivity index (χ0) is 11.1.